The van der Waals surface area contributed by atoms with Crippen molar-refractivity contribution >= 4 is 11.7 Å². The topological polar surface area (TPSA) is 64.3 Å². The predicted molar refractivity (Wildman–Crippen MR) is 92.9 cm³/mol. The molecule has 0 atom stereocenters. The molecule has 0 aliphatic carbocycles. The second-order valence-corrected chi connectivity index (χ2v) is 6.53. The Morgan fingerprint density at radius 2 is 1.83 bits per heavy atom. The molecule has 5 nitrogen and oxygen atoms in total. The summed E-state index contributed by atoms with van der Waals surface area (Å²) in [6, 6.07) is 15.2. The van der Waals surface area contributed by atoms with E-state index in [1.54, 1.807) is 31.4 Å². The van der Waals surface area contributed by atoms with Crippen LogP contribution in [0.1, 0.15) is 35.3 Å². The zero-order valence-electron chi connectivity index (χ0n) is 14.1. The Balaban J connectivity index is 1.75. The number of ether oxygens (including phenoxy) is 1. The molecule has 24 heavy (non-hydrogen) atoms. The van der Waals surface area contributed by atoms with Crippen LogP contribution < -0.4 is 20.6 Å². The molecular formula is C19H22N3O2+. The van der Waals surface area contributed by atoms with Crippen LogP contribution in [0.4, 0.5) is 0 Å². The molecule has 5 heteroatoms. The number of carbonyl (C=O) groups is 1. The number of carbonyl (C=O) groups excluding carboxylic acids is 1. The minimum Gasteiger partial charge on any atom is -0.497 e. The van der Waals surface area contributed by atoms with Gasteiger partial charge in [-0.2, -0.15) is 10.9 Å². The van der Waals surface area contributed by atoms with E-state index in [9.17, 15) is 4.79 Å². The van der Waals surface area contributed by atoms with Crippen LogP contribution in [0.3, 0.4) is 0 Å². The number of methoxy groups -OCH3 is 1. The van der Waals surface area contributed by atoms with Gasteiger partial charge in [-0.15, -0.1) is 0 Å². The molecule has 0 saturated carbocycles. The van der Waals surface area contributed by atoms with Crippen molar-refractivity contribution in [2.45, 2.75) is 25.8 Å². The molecule has 1 aliphatic rings. The summed E-state index contributed by atoms with van der Waals surface area (Å²) in [7, 11) is 1.60. The maximum atomic E-state index is 12.3. The summed E-state index contributed by atoms with van der Waals surface area (Å²) in [6.45, 7) is 4.27. The Labute approximate surface area is 141 Å². The molecular weight excluding hydrogens is 302 g/mol. The highest BCUT2D eigenvalue weighted by atomic mass is 16.5. The summed E-state index contributed by atoms with van der Waals surface area (Å²) in [5, 5.41) is 0. The van der Waals surface area contributed by atoms with Gasteiger partial charge in [0.25, 0.3) is 11.7 Å². The molecule has 1 aliphatic heterocycles. The van der Waals surface area contributed by atoms with Gasteiger partial charge >= 0.3 is 0 Å². The van der Waals surface area contributed by atoms with Crippen LogP contribution in [0.15, 0.2) is 48.5 Å². The Kier molecular flexibility index (Phi) is 4.25. The molecule has 0 bridgehead atoms. The van der Waals surface area contributed by atoms with Crippen LogP contribution in [0.25, 0.3) is 0 Å². The number of fused-ring (bicyclic) bond motifs is 1. The third-order valence-electron chi connectivity index (χ3n) is 4.04. The van der Waals surface area contributed by atoms with E-state index in [0.29, 0.717) is 5.56 Å². The first-order valence-corrected chi connectivity index (χ1v) is 7.92. The van der Waals surface area contributed by atoms with E-state index >= 15 is 0 Å². The van der Waals surface area contributed by atoms with Crippen molar-refractivity contribution in [1.29, 1.82) is 0 Å². The van der Waals surface area contributed by atoms with Crippen LogP contribution >= 0.6 is 0 Å². The molecule has 3 N–H and O–H groups in total. The van der Waals surface area contributed by atoms with Crippen LogP contribution in [0.2, 0.25) is 0 Å². The number of nitrogens with one attached hydrogen (secondary N) is 3. The zero-order valence-corrected chi connectivity index (χ0v) is 14.1. The summed E-state index contributed by atoms with van der Waals surface area (Å²) in [6.07, 6.45) is 0.931. The third-order valence-corrected chi connectivity index (χ3v) is 4.04. The van der Waals surface area contributed by atoms with Crippen molar-refractivity contribution in [3.8, 4) is 5.75 Å². The lowest BCUT2D eigenvalue weighted by Gasteiger charge is -2.25. The maximum Gasteiger partial charge on any atom is 0.299 e. The first-order chi connectivity index (χ1) is 11.5. The van der Waals surface area contributed by atoms with Gasteiger partial charge < -0.3 is 4.74 Å². The van der Waals surface area contributed by atoms with Gasteiger partial charge in [-0.25, -0.2) is 0 Å². The van der Waals surface area contributed by atoms with E-state index in [1.165, 1.54) is 5.56 Å². The van der Waals surface area contributed by atoms with E-state index < -0.39 is 0 Å². The molecule has 124 valence electrons. The molecule has 0 aromatic heterocycles. The standard InChI is InChI=1S/C19H21N3O2/c1-19(2)12-14-6-4-5-7-16(14)17(20-19)21-22-18(23)13-8-10-15(24-3)11-9-13/h4-11H,12H2,1-3H3,(H,20,21)(H,22,23)/p+1. The van der Waals surface area contributed by atoms with Crippen molar-refractivity contribution < 1.29 is 14.5 Å². The normalized spacial score (nSPS) is 15.0. The molecule has 2 aromatic rings. The number of benzene rings is 2. The minimum absolute atomic E-state index is 0.0818. The number of amidine groups is 1. The third kappa shape index (κ3) is 3.40. The van der Waals surface area contributed by atoms with Gasteiger partial charge in [-0.3, -0.25) is 9.79 Å². The average Bonchev–Trinajstić information content (AvgIpc) is 2.58. The molecule has 0 saturated heterocycles. The highest BCUT2D eigenvalue weighted by molar-refractivity contribution is 6.00. The van der Waals surface area contributed by atoms with Gasteiger partial charge in [0.15, 0.2) is 0 Å². The van der Waals surface area contributed by atoms with E-state index in [2.05, 4.69) is 35.8 Å². The number of hydrazine groups is 1. The first-order valence-electron chi connectivity index (χ1n) is 7.92. The molecule has 0 radical (unpaired) electrons. The van der Waals surface area contributed by atoms with Crippen molar-refractivity contribution in [2.24, 2.45) is 0 Å². The van der Waals surface area contributed by atoms with E-state index in [0.717, 1.165) is 23.6 Å². The fourth-order valence-corrected chi connectivity index (χ4v) is 2.88. The molecule has 1 heterocycles. The van der Waals surface area contributed by atoms with Gasteiger partial charge in [0, 0.05) is 12.0 Å². The van der Waals surface area contributed by atoms with Crippen LogP contribution in [0.5, 0.6) is 5.75 Å². The Morgan fingerprint density at radius 3 is 2.54 bits per heavy atom. The van der Waals surface area contributed by atoms with Gasteiger partial charge in [0.05, 0.1) is 12.7 Å². The van der Waals surface area contributed by atoms with Gasteiger partial charge in [-0.05, 0) is 49.7 Å². The van der Waals surface area contributed by atoms with E-state index in [4.69, 9.17) is 4.74 Å². The Morgan fingerprint density at radius 1 is 1.12 bits per heavy atom. The lowest BCUT2D eigenvalue weighted by molar-refractivity contribution is -0.547. The summed E-state index contributed by atoms with van der Waals surface area (Å²) < 4.78 is 5.10. The van der Waals surface area contributed by atoms with Gasteiger partial charge in [0.1, 0.15) is 11.3 Å². The van der Waals surface area contributed by atoms with Gasteiger partial charge in [0.2, 0.25) is 0 Å². The highest BCUT2D eigenvalue weighted by Gasteiger charge is 2.30. The Hall–Kier alpha value is -2.82. The van der Waals surface area contributed by atoms with E-state index in [1.807, 2.05) is 18.2 Å². The fraction of sp³-hybridized carbons (Fsp3) is 0.263. The predicted octanol–water partition coefficient (Wildman–Crippen LogP) is 0.792. The molecule has 3 rings (SSSR count). The summed E-state index contributed by atoms with van der Waals surface area (Å²) >= 11 is 0. The molecule has 0 unspecified atom stereocenters. The lowest BCUT2D eigenvalue weighted by Crippen LogP contribution is -2.90. The summed E-state index contributed by atoms with van der Waals surface area (Å²) in [5.74, 6) is 1.33. The molecule has 0 spiro atoms. The summed E-state index contributed by atoms with van der Waals surface area (Å²) in [4.78, 5) is 15.7. The zero-order chi connectivity index (χ0) is 17.2. The number of hydrogen-bond donors (Lipinski definition) is 3. The smallest absolute Gasteiger partial charge is 0.299 e. The van der Waals surface area contributed by atoms with E-state index in [-0.39, 0.29) is 11.4 Å². The van der Waals surface area contributed by atoms with Crippen molar-refractivity contribution in [3.63, 3.8) is 0 Å². The highest BCUT2D eigenvalue weighted by Crippen LogP contribution is 2.16. The van der Waals surface area contributed by atoms with Crippen molar-refractivity contribution in [2.75, 3.05) is 7.11 Å². The molecule has 2 aromatic carbocycles. The Bertz CT molecular complexity index is 779. The van der Waals surface area contributed by atoms with Crippen molar-refractivity contribution in [3.05, 3.63) is 65.2 Å². The van der Waals surface area contributed by atoms with Crippen molar-refractivity contribution in [1.82, 2.24) is 10.9 Å². The maximum absolute atomic E-state index is 12.3. The van der Waals surface area contributed by atoms with Crippen LogP contribution in [-0.2, 0) is 6.42 Å². The quantitative estimate of drug-likeness (QED) is 0.716. The second kappa shape index (κ2) is 6.35. The van der Waals surface area contributed by atoms with Crippen LogP contribution in [-0.4, -0.2) is 24.4 Å². The lowest BCUT2D eigenvalue weighted by atomic mass is 9.89. The van der Waals surface area contributed by atoms with Crippen LogP contribution in [0, 0.1) is 0 Å². The first kappa shape index (κ1) is 16.1. The molecule has 1 amide bonds. The SMILES string of the molecule is COc1ccc(C(=O)NNC2=[NH+]C(C)(C)Cc3ccccc32)cc1. The molecule has 0 fully saturated rings. The average molecular weight is 324 g/mol. The number of amides is 1. The fourth-order valence-electron chi connectivity index (χ4n) is 2.88. The summed E-state index contributed by atoms with van der Waals surface area (Å²) in [5.41, 5.74) is 8.60. The second-order valence-electron chi connectivity index (χ2n) is 6.53. The number of hydrogen-bond acceptors (Lipinski definition) is 3. The number of rotatable bonds is 2. The largest absolute Gasteiger partial charge is 0.497 e. The van der Waals surface area contributed by atoms with Gasteiger partial charge in [-0.1, -0.05) is 18.2 Å². The minimum atomic E-state index is -0.201. The monoisotopic (exact) mass is 324 g/mol.